The zero-order valence-corrected chi connectivity index (χ0v) is 18.5. The largest absolute Gasteiger partial charge is 0.335 e. The number of rotatable bonds is 5. The lowest BCUT2D eigenvalue weighted by Gasteiger charge is -2.13. The molecule has 0 atom stereocenters. The summed E-state index contributed by atoms with van der Waals surface area (Å²) < 4.78 is 1.92. The Hall–Kier alpha value is -3.76. The van der Waals surface area contributed by atoms with E-state index in [-0.39, 0.29) is 11.4 Å². The van der Waals surface area contributed by atoms with E-state index in [1.54, 1.807) is 12.1 Å². The number of fused-ring (bicyclic) bond motifs is 1. The third kappa shape index (κ3) is 4.18. The first-order chi connectivity index (χ1) is 15.4. The summed E-state index contributed by atoms with van der Waals surface area (Å²) in [5, 5.41) is 3.21. The van der Waals surface area contributed by atoms with Gasteiger partial charge in [0, 0.05) is 28.4 Å². The first kappa shape index (κ1) is 21.5. The molecule has 3 amide bonds. The van der Waals surface area contributed by atoms with Crippen LogP contribution in [-0.4, -0.2) is 33.1 Å². The van der Waals surface area contributed by atoms with Crippen molar-refractivity contribution in [2.24, 2.45) is 0 Å². The fraction of sp³-hybridized carbons (Fsp3) is 0.160. The van der Waals surface area contributed by atoms with Gasteiger partial charge >= 0.3 is 0 Å². The number of amides is 3. The van der Waals surface area contributed by atoms with E-state index in [1.807, 2.05) is 61.0 Å². The van der Waals surface area contributed by atoms with Crippen molar-refractivity contribution in [3.63, 3.8) is 0 Å². The van der Waals surface area contributed by atoms with Gasteiger partial charge in [-0.15, -0.1) is 6.42 Å². The summed E-state index contributed by atoms with van der Waals surface area (Å²) in [5.41, 5.74) is 4.52. The molecule has 1 aliphatic rings. The van der Waals surface area contributed by atoms with E-state index >= 15 is 0 Å². The molecule has 0 aliphatic carbocycles. The van der Waals surface area contributed by atoms with Crippen LogP contribution in [0.25, 0.3) is 17.0 Å². The molecule has 0 radical (unpaired) electrons. The summed E-state index contributed by atoms with van der Waals surface area (Å²) in [6, 6.07) is 13.3. The van der Waals surface area contributed by atoms with Gasteiger partial charge < -0.3 is 9.88 Å². The zero-order chi connectivity index (χ0) is 22.8. The average molecular weight is 444 g/mol. The molecular formula is C25H21N3O3S. The average Bonchev–Trinajstić information content (AvgIpc) is 3.23. The number of terminal acetylenes is 1. The summed E-state index contributed by atoms with van der Waals surface area (Å²) in [6.07, 6.45) is 9.01. The van der Waals surface area contributed by atoms with E-state index in [9.17, 15) is 14.4 Å². The third-order valence-corrected chi connectivity index (χ3v) is 6.24. The molecule has 3 aromatic rings. The monoisotopic (exact) mass is 443 g/mol. The molecular weight excluding hydrogens is 422 g/mol. The normalized spacial score (nSPS) is 14.9. The van der Waals surface area contributed by atoms with Gasteiger partial charge in [0.1, 0.15) is 6.54 Å². The smallest absolute Gasteiger partial charge is 0.294 e. The van der Waals surface area contributed by atoms with Crippen LogP contribution in [0.2, 0.25) is 0 Å². The lowest BCUT2D eigenvalue weighted by atomic mass is 10.1. The van der Waals surface area contributed by atoms with Gasteiger partial charge in [0.15, 0.2) is 0 Å². The topological polar surface area (TPSA) is 71.4 Å². The second-order valence-corrected chi connectivity index (χ2v) is 8.54. The minimum Gasteiger partial charge on any atom is -0.335 e. The number of nitrogens with zero attached hydrogens (tertiary/aromatic N) is 2. The molecule has 0 unspecified atom stereocenters. The number of carbonyl (C=O) groups is 3. The lowest BCUT2D eigenvalue weighted by Crippen LogP contribution is -2.36. The number of anilines is 1. The highest BCUT2D eigenvalue weighted by Gasteiger charge is 2.36. The number of imide groups is 1. The van der Waals surface area contributed by atoms with Gasteiger partial charge in [-0.1, -0.05) is 30.2 Å². The van der Waals surface area contributed by atoms with Crippen molar-refractivity contribution in [1.29, 1.82) is 0 Å². The van der Waals surface area contributed by atoms with Crippen molar-refractivity contribution in [2.45, 2.75) is 20.4 Å². The number of aromatic nitrogens is 1. The minimum absolute atomic E-state index is 0.276. The van der Waals surface area contributed by atoms with Gasteiger partial charge in [-0.3, -0.25) is 19.3 Å². The van der Waals surface area contributed by atoms with E-state index in [1.165, 1.54) is 0 Å². The number of nitrogens with one attached hydrogen (secondary N) is 1. The summed E-state index contributed by atoms with van der Waals surface area (Å²) in [4.78, 5) is 39.0. The number of aryl methyl sites for hydroxylation is 2. The molecule has 160 valence electrons. The molecule has 2 aromatic carbocycles. The summed E-state index contributed by atoms with van der Waals surface area (Å²) in [7, 11) is 0. The Kier molecular flexibility index (Phi) is 5.89. The molecule has 1 aromatic heterocycles. The fourth-order valence-corrected chi connectivity index (χ4v) is 4.39. The van der Waals surface area contributed by atoms with Gasteiger partial charge in [0.2, 0.25) is 5.91 Å². The quantitative estimate of drug-likeness (QED) is 0.463. The zero-order valence-electron chi connectivity index (χ0n) is 17.7. The molecule has 1 aliphatic heterocycles. The Balaban J connectivity index is 1.53. The van der Waals surface area contributed by atoms with Gasteiger partial charge in [0.05, 0.1) is 11.4 Å². The molecule has 4 rings (SSSR count). The minimum atomic E-state index is -0.482. The maximum atomic E-state index is 12.9. The van der Waals surface area contributed by atoms with Gasteiger partial charge in [0.25, 0.3) is 11.1 Å². The highest BCUT2D eigenvalue weighted by molar-refractivity contribution is 8.18. The predicted molar refractivity (Wildman–Crippen MR) is 128 cm³/mol. The van der Waals surface area contributed by atoms with E-state index in [4.69, 9.17) is 6.42 Å². The maximum absolute atomic E-state index is 12.9. The SMILES string of the molecule is C#CCn1cc(C=C2SC(=O)N(CC(=O)Nc3ccc(C)c(C)c3)C2=O)c2ccccc21. The first-order valence-corrected chi connectivity index (χ1v) is 10.8. The van der Waals surface area contributed by atoms with Gasteiger partial charge in [-0.05, 0) is 61.0 Å². The van der Waals surface area contributed by atoms with Crippen LogP contribution >= 0.6 is 11.8 Å². The Morgan fingerprint density at radius 2 is 1.94 bits per heavy atom. The van der Waals surface area contributed by atoms with E-state index in [2.05, 4.69) is 11.2 Å². The molecule has 0 spiro atoms. The van der Waals surface area contributed by atoms with Crippen LogP contribution in [0.4, 0.5) is 10.5 Å². The van der Waals surface area contributed by atoms with Crippen molar-refractivity contribution in [3.05, 3.63) is 70.3 Å². The molecule has 32 heavy (non-hydrogen) atoms. The van der Waals surface area contributed by atoms with Crippen molar-refractivity contribution in [3.8, 4) is 12.3 Å². The Morgan fingerprint density at radius 3 is 2.69 bits per heavy atom. The standard InChI is InChI=1S/C25H21N3O3S/c1-4-11-27-14-18(20-7-5-6-8-21(20)27)13-22-24(30)28(25(31)32-22)15-23(29)26-19-10-9-16(2)17(3)12-19/h1,5-10,12-14H,11,15H2,2-3H3,(H,26,29). The van der Waals surface area contributed by atoms with Crippen LogP contribution in [0.1, 0.15) is 16.7 Å². The number of thioether (sulfide) groups is 1. The van der Waals surface area contributed by atoms with Crippen LogP contribution in [0.5, 0.6) is 0 Å². The first-order valence-electron chi connectivity index (χ1n) is 10.0. The summed E-state index contributed by atoms with van der Waals surface area (Å²) >= 11 is 0.829. The Morgan fingerprint density at radius 1 is 1.16 bits per heavy atom. The molecule has 1 fully saturated rings. The molecule has 1 N–H and O–H groups in total. The Labute approximate surface area is 190 Å². The highest BCUT2D eigenvalue weighted by atomic mass is 32.2. The van der Waals surface area contributed by atoms with Crippen molar-refractivity contribution in [1.82, 2.24) is 9.47 Å². The second-order valence-electron chi connectivity index (χ2n) is 7.55. The van der Waals surface area contributed by atoms with Crippen LogP contribution in [-0.2, 0) is 16.1 Å². The van der Waals surface area contributed by atoms with E-state index in [0.717, 1.165) is 44.3 Å². The molecule has 6 nitrogen and oxygen atoms in total. The maximum Gasteiger partial charge on any atom is 0.294 e. The van der Waals surface area contributed by atoms with E-state index < -0.39 is 17.1 Å². The molecule has 7 heteroatoms. The number of benzene rings is 2. The van der Waals surface area contributed by atoms with E-state index in [0.29, 0.717) is 12.2 Å². The molecule has 0 bridgehead atoms. The second kappa shape index (κ2) is 8.77. The van der Waals surface area contributed by atoms with Crippen molar-refractivity contribution < 1.29 is 14.4 Å². The highest BCUT2D eigenvalue weighted by Crippen LogP contribution is 2.34. The third-order valence-electron chi connectivity index (χ3n) is 5.33. The van der Waals surface area contributed by atoms with Gasteiger partial charge in [-0.2, -0.15) is 0 Å². The van der Waals surface area contributed by atoms with Crippen LogP contribution in [0.15, 0.2) is 53.6 Å². The summed E-state index contributed by atoms with van der Waals surface area (Å²) in [6.45, 7) is 3.99. The van der Waals surface area contributed by atoms with Gasteiger partial charge in [-0.25, -0.2) is 0 Å². The number of carbonyl (C=O) groups excluding carboxylic acids is 3. The lowest BCUT2D eigenvalue weighted by molar-refractivity contribution is -0.127. The molecule has 2 heterocycles. The fourth-order valence-electron chi connectivity index (χ4n) is 3.56. The predicted octanol–water partition coefficient (Wildman–Crippen LogP) is 4.57. The van der Waals surface area contributed by atoms with Crippen molar-refractivity contribution >= 4 is 51.5 Å². The van der Waals surface area contributed by atoms with Crippen LogP contribution in [0.3, 0.4) is 0 Å². The number of para-hydroxylation sites is 1. The molecule has 1 saturated heterocycles. The number of hydrogen-bond donors (Lipinski definition) is 1. The molecule has 0 saturated carbocycles. The summed E-state index contributed by atoms with van der Waals surface area (Å²) in [5.74, 6) is 1.71. The van der Waals surface area contributed by atoms with Crippen molar-refractivity contribution in [2.75, 3.05) is 11.9 Å². The Bertz CT molecular complexity index is 1330. The van der Waals surface area contributed by atoms with Crippen LogP contribution < -0.4 is 5.32 Å². The number of hydrogen-bond acceptors (Lipinski definition) is 4. The van der Waals surface area contributed by atoms with Crippen LogP contribution in [0, 0.1) is 26.2 Å².